The number of rotatable bonds is 4. The number of aryl methyl sites for hydroxylation is 1. The van der Waals surface area contributed by atoms with E-state index in [0.717, 1.165) is 18.7 Å². The highest BCUT2D eigenvalue weighted by Crippen LogP contribution is 2.20. The normalized spacial score (nSPS) is 13.2. The van der Waals surface area contributed by atoms with Crippen LogP contribution in [0.1, 0.15) is 23.6 Å². The highest BCUT2D eigenvalue weighted by Gasteiger charge is 2.04. The molecule has 0 saturated heterocycles. The van der Waals surface area contributed by atoms with E-state index in [1.54, 1.807) is 0 Å². The quantitative estimate of drug-likeness (QED) is 0.653. The minimum absolute atomic E-state index is 0.607. The van der Waals surface area contributed by atoms with Crippen LogP contribution >= 0.6 is 22.9 Å². The first-order valence-corrected chi connectivity index (χ1v) is 5.75. The summed E-state index contributed by atoms with van der Waals surface area (Å²) in [5.74, 6) is 1.37. The first-order valence-electron chi connectivity index (χ1n) is 4.39. The third-order valence-electron chi connectivity index (χ3n) is 1.88. The molecule has 0 N–H and O–H groups in total. The fraction of sp³-hybridized carbons (Fsp3) is 0.600. The molecule has 0 aromatic carbocycles. The average Bonchev–Trinajstić information content (AvgIpc) is 2.52. The van der Waals surface area contributed by atoms with Crippen LogP contribution in [0.4, 0.5) is 0 Å². The molecule has 0 nitrogen and oxygen atoms in total. The zero-order chi connectivity index (χ0) is 8.97. The zero-order valence-corrected chi connectivity index (χ0v) is 9.21. The van der Waals surface area contributed by atoms with Gasteiger partial charge in [-0.1, -0.05) is 13.8 Å². The Labute approximate surface area is 83.6 Å². The molecule has 0 amide bonds. The van der Waals surface area contributed by atoms with Crippen LogP contribution < -0.4 is 0 Å². The lowest BCUT2D eigenvalue weighted by Gasteiger charge is -2.03. The van der Waals surface area contributed by atoms with Crippen LogP contribution in [-0.2, 0) is 12.8 Å². The van der Waals surface area contributed by atoms with E-state index in [0.29, 0.717) is 5.92 Å². The van der Waals surface area contributed by atoms with Crippen molar-refractivity contribution in [2.45, 2.75) is 26.7 Å². The fourth-order valence-electron chi connectivity index (χ4n) is 1.12. The number of hydrogen-bond acceptors (Lipinski definition) is 1. The summed E-state index contributed by atoms with van der Waals surface area (Å²) >= 11 is 7.67. The first-order chi connectivity index (χ1) is 5.76. The van der Waals surface area contributed by atoms with Crippen molar-refractivity contribution in [3.05, 3.63) is 21.9 Å². The van der Waals surface area contributed by atoms with Gasteiger partial charge < -0.3 is 0 Å². The van der Waals surface area contributed by atoms with Crippen LogP contribution in [0.5, 0.6) is 0 Å². The molecule has 1 atom stereocenters. The summed E-state index contributed by atoms with van der Waals surface area (Å²) < 4.78 is 0. The summed E-state index contributed by atoms with van der Waals surface area (Å²) in [6, 6.07) is 4.45. The zero-order valence-electron chi connectivity index (χ0n) is 7.64. The fourth-order valence-corrected chi connectivity index (χ4v) is 2.35. The molecule has 1 aromatic rings. The smallest absolute Gasteiger partial charge is 0.0252 e. The largest absolute Gasteiger partial charge is 0.145 e. The minimum atomic E-state index is 0.607. The molecule has 0 fully saturated rings. The Hall–Kier alpha value is -0.0100. The molecule has 1 heterocycles. The Morgan fingerprint density at radius 1 is 1.42 bits per heavy atom. The summed E-state index contributed by atoms with van der Waals surface area (Å²) in [6.45, 7) is 4.39. The van der Waals surface area contributed by atoms with Gasteiger partial charge in [0, 0.05) is 15.6 Å². The van der Waals surface area contributed by atoms with E-state index >= 15 is 0 Å². The standard InChI is InChI=1S/C10H15ClS/c1-3-9-4-5-10(12-9)6-8(2)7-11/h4-5,8H,3,6-7H2,1-2H3. The summed E-state index contributed by atoms with van der Waals surface area (Å²) in [5.41, 5.74) is 0. The highest BCUT2D eigenvalue weighted by atomic mass is 35.5. The number of hydrogen-bond donors (Lipinski definition) is 0. The summed E-state index contributed by atoms with van der Waals surface area (Å²) in [4.78, 5) is 2.95. The van der Waals surface area contributed by atoms with Gasteiger partial charge in [0.1, 0.15) is 0 Å². The molecule has 0 aliphatic heterocycles. The van der Waals surface area contributed by atoms with E-state index in [2.05, 4.69) is 26.0 Å². The van der Waals surface area contributed by atoms with Gasteiger partial charge in [-0.05, 0) is 30.9 Å². The average molecular weight is 203 g/mol. The summed E-state index contributed by atoms with van der Waals surface area (Å²) in [5, 5.41) is 0. The van der Waals surface area contributed by atoms with Crippen LogP contribution in [0, 0.1) is 5.92 Å². The van der Waals surface area contributed by atoms with E-state index in [-0.39, 0.29) is 0 Å². The maximum Gasteiger partial charge on any atom is 0.0252 e. The number of halogens is 1. The van der Waals surface area contributed by atoms with Crippen molar-refractivity contribution in [2.24, 2.45) is 5.92 Å². The molecule has 1 unspecified atom stereocenters. The van der Waals surface area contributed by atoms with E-state index in [9.17, 15) is 0 Å². The van der Waals surface area contributed by atoms with Gasteiger partial charge in [-0.15, -0.1) is 22.9 Å². The Bertz CT molecular complexity index is 229. The lowest BCUT2D eigenvalue weighted by Crippen LogP contribution is -1.98. The summed E-state index contributed by atoms with van der Waals surface area (Å²) in [7, 11) is 0. The van der Waals surface area contributed by atoms with Gasteiger partial charge in [-0.25, -0.2) is 0 Å². The SMILES string of the molecule is CCc1ccc(CC(C)CCl)s1. The van der Waals surface area contributed by atoms with Crippen LogP contribution in [0.15, 0.2) is 12.1 Å². The van der Waals surface area contributed by atoms with Crippen molar-refractivity contribution in [1.29, 1.82) is 0 Å². The third-order valence-corrected chi connectivity index (χ3v) is 3.66. The van der Waals surface area contributed by atoms with Crippen molar-refractivity contribution in [2.75, 3.05) is 5.88 Å². The predicted octanol–water partition coefficient (Wildman–Crippen LogP) is 3.73. The van der Waals surface area contributed by atoms with E-state index in [1.807, 2.05) is 11.3 Å². The first kappa shape index (κ1) is 10.1. The van der Waals surface area contributed by atoms with Crippen molar-refractivity contribution < 1.29 is 0 Å². The Morgan fingerprint density at radius 2 is 2.08 bits per heavy atom. The molecule has 0 spiro atoms. The van der Waals surface area contributed by atoms with E-state index in [4.69, 9.17) is 11.6 Å². The predicted molar refractivity (Wildman–Crippen MR) is 57.3 cm³/mol. The van der Waals surface area contributed by atoms with Gasteiger partial charge in [0.15, 0.2) is 0 Å². The molecular formula is C10H15ClS. The van der Waals surface area contributed by atoms with E-state index in [1.165, 1.54) is 9.75 Å². The molecule has 12 heavy (non-hydrogen) atoms. The van der Waals surface area contributed by atoms with Gasteiger partial charge >= 0.3 is 0 Å². The summed E-state index contributed by atoms with van der Waals surface area (Å²) in [6.07, 6.45) is 2.29. The second-order valence-corrected chi connectivity index (χ2v) is 4.75. The van der Waals surface area contributed by atoms with Crippen molar-refractivity contribution in [3.8, 4) is 0 Å². The van der Waals surface area contributed by atoms with Gasteiger partial charge in [0.2, 0.25) is 0 Å². The Balaban J connectivity index is 2.52. The number of thiophene rings is 1. The van der Waals surface area contributed by atoms with Crippen LogP contribution in [0.25, 0.3) is 0 Å². The highest BCUT2D eigenvalue weighted by molar-refractivity contribution is 7.11. The molecule has 1 rings (SSSR count). The van der Waals surface area contributed by atoms with Gasteiger partial charge in [-0.3, -0.25) is 0 Å². The second-order valence-electron chi connectivity index (χ2n) is 3.19. The van der Waals surface area contributed by atoms with E-state index < -0.39 is 0 Å². The van der Waals surface area contributed by atoms with Crippen LogP contribution in [0.2, 0.25) is 0 Å². The second kappa shape index (κ2) is 4.88. The van der Waals surface area contributed by atoms with Crippen molar-refractivity contribution >= 4 is 22.9 Å². The van der Waals surface area contributed by atoms with Crippen LogP contribution in [0.3, 0.4) is 0 Å². The number of alkyl halides is 1. The van der Waals surface area contributed by atoms with Gasteiger partial charge in [0.05, 0.1) is 0 Å². The molecule has 68 valence electrons. The van der Waals surface area contributed by atoms with Crippen molar-refractivity contribution in [3.63, 3.8) is 0 Å². The van der Waals surface area contributed by atoms with Crippen LogP contribution in [-0.4, -0.2) is 5.88 Å². The maximum atomic E-state index is 5.75. The molecule has 1 aromatic heterocycles. The molecule has 0 saturated carbocycles. The monoisotopic (exact) mass is 202 g/mol. The van der Waals surface area contributed by atoms with Crippen molar-refractivity contribution in [1.82, 2.24) is 0 Å². The van der Waals surface area contributed by atoms with Gasteiger partial charge in [0.25, 0.3) is 0 Å². The topological polar surface area (TPSA) is 0 Å². The molecule has 2 heteroatoms. The molecule has 0 aliphatic rings. The molecule has 0 aliphatic carbocycles. The molecular weight excluding hydrogens is 188 g/mol. The van der Waals surface area contributed by atoms with Gasteiger partial charge in [-0.2, -0.15) is 0 Å². The Morgan fingerprint density at radius 3 is 2.58 bits per heavy atom. The molecule has 0 bridgehead atoms. The third kappa shape index (κ3) is 2.80. The lowest BCUT2D eigenvalue weighted by molar-refractivity contribution is 0.662. The Kier molecular flexibility index (Phi) is 4.10. The maximum absolute atomic E-state index is 5.75. The lowest BCUT2D eigenvalue weighted by atomic mass is 10.1. The minimum Gasteiger partial charge on any atom is -0.145 e. The molecule has 0 radical (unpaired) electrons.